The van der Waals surface area contributed by atoms with Crippen molar-refractivity contribution in [1.82, 2.24) is 15.2 Å². The zero-order valence-electron chi connectivity index (χ0n) is 18.4. The molecule has 1 aromatic heterocycles. The van der Waals surface area contributed by atoms with Gasteiger partial charge in [0.2, 0.25) is 0 Å². The van der Waals surface area contributed by atoms with Gasteiger partial charge in [0.1, 0.15) is 0 Å². The van der Waals surface area contributed by atoms with Crippen molar-refractivity contribution < 1.29 is 19.1 Å². The molecule has 33 heavy (non-hydrogen) atoms. The molecule has 0 aliphatic carbocycles. The number of carbonyl (C=O) groups is 2. The molecule has 0 atom stereocenters. The van der Waals surface area contributed by atoms with Crippen LogP contribution >= 0.6 is 0 Å². The average Bonchev–Trinajstić information content (AvgIpc) is 2.86. The SMILES string of the molecule is O=C(COC(=O)C=Cc1ccc2ccccc2n1)NCc1ccccc1CN1CCOCC1. The van der Waals surface area contributed by atoms with E-state index >= 15 is 0 Å². The summed E-state index contributed by atoms with van der Waals surface area (Å²) in [4.78, 5) is 31.0. The molecule has 7 nitrogen and oxygen atoms in total. The number of amides is 1. The highest BCUT2D eigenvalue weighted by molar-refractivity contribution is 5.89. The molecule has 1 saturated heterocycles. The Morgan fingerprint density at radius 2 is 1.76 bits per heavy atom. The quantitative estimate of drug-likeness (QED) is 0.424. The number of benzene rings is 2. The predicted octanol–water partition coefficient (Wildman–Crippen LogP) is 2.94. The van der Waals surface area contributed by atoms with E-state index in [0.29, 0.717) is 12.2 Å². The molecular formula is C26H27N3O4. The molecule has 0 saturated carbocycles. The fourth-order valence-corrected chi connectivity index (χ4v) is 3.64. The van der Waals surface area contributed by atoms with E-state index in [2.05, 4.69) is 21.3 Å². The molecule has 7 heteroatoms. The average molecular weight is 446 g/mol. The van der Waals surface area contributed by atoms with Gasteiger partial charge in [-0.05, 0) is 29.3 Å². The Hall–Kier alpha value is -3.55. The van der Waals surface area contributed by atoms with Crippen LogP contribution in [0.25, 0.3) is 17.0 Å². The number of ether oxygens (including phenoxy) is 2. The van der Waals surface area contributed by atoms with Crippen LogP contribution in [0.15, 0.2) is 66.7 Å². The Bertz CT molecular complexity index is 1140. The van der Waals surface area contributed by atoms with E-state index in [1.54, 1.807) is 6.08 Å². The molecule has 4 rings (SSSR count). The highest BCUT2D eigenvalue weighted by Crippen LogP contribution is 2.14. The first-order valence-corrected chi connectivity index (χ1v) is 11.0. The monoisotopic (exact) mass is 445 g/mol. The van der Waals surface area contributed by atoms with Crippen LogP contribution in [-0.4, -0.2) is 54.7 Å². The fraction of sp³-hybridized carbons (Fsp3) is 0.269. The van der Waals surface area contributed by atoms with Gasteiger partial charge in [0, 0.05) is 37.6 Å². The Kier molecular flexibility index (Phi) is 7.79. The van der Waals surface area contributed by atoms with Gasteiger partial charge in [-0.2, -0.15) is 0 Å². The second-order valence-electron chi connectivity index (χ2n) is 7.80. The largest absolute Gasteiger partial charge is 0.452 e. The second kappa shape index (κ2) is 11.4. The van der Waals surface area contributed by atoms with Crippen molar-refractivity contribution in [1.29, 1.82) is 0 Å². The minimum atomic E-state index is -0.590. The molecule has 0 spiro atoms. The molecule has 2 aromatic carbocycles. The number of nitrogens with one attached hydrogen (secondary N) is 1. The summed E-state index contributed by atoms with van der Waals surface area (Å²) in [6.45, 7) is 4.16. The van der Waals surface area contributed by atoms with Gasteiger partial charge in [-0.25, -0.2) is 9.78 Å². The molecule has 2 heterocycles. The highest BCUT2D eigenvalue weighted by Gasteiger charge is 2.13. The van der Waals surface area contributed by atoms with Gasteiger partial charge in [-0.3, -0.25) is 9.69 Å². The first-order valence-electron chi connectivity index (χ1n) is 11.0. The van der Waals surface area contributed by atoms with Crippen LogP contribution in [0.2, 0.25) is 0 Å². The molecular weight excluding hydrogens is 418 g/mol. The van der Waals surface area contributed by atoms with Crippen molar-refractivity contribution in [2.45, 2.75) is 13.1 Å². The van der Waals surface area contributed by atoms with Crippen molar-refractivity contribution >= 4 is 28.9 Å². The molecule has 0 unspecified atom stereocenters. The Morgan fingerprint density at radius 3 is 2.61 bits per heavy atom. The molecule has 1 N–H and O–H groups in total. The fourth-order valence-electron chi connectivity index (χ4n) is 3.64. The predicted molar refractivity (Wildman–Crippen MR) is 126 cm³/mol. The number of carbonyl (C=O) groups excluding carboxylic acids is 2. The number of pyridine rings is 1. The van der Waals surface area contributed by atoms with Crippen LogP contribution < -0.4 is 5.32 Å². The molecule has 0 radical (unpaired) electrons. The Labute approximate surface area is 193 Å². The number of nitrogens with zero attached hydrogens (tertiary/aromatic N) is 2. The van der Waals surface area contributed by atoms with Crippen LogP contribution in [0, 0.1) is 0 Å². The van der Waals surface area contributed by atoms with Gasteiger partial charge in [0.15, 0.2) is 6.61 Å². The zero-order chi connectivity index (χ0) is 22.9. The lowest BCUT2D eigenvalue weighted by Crippen LogP contribution is -2.36. The van der Waals surface area contributed by atoms with Crippen molar-refractivity contribution in [3.63, 3.8) is 0 Å². The Balaban J connectivity index is 1.24. The lowest BCUT2D eigenvalue weighted by atomic mass is 10.1. The lowest BCUT2D eigenvalue weighted by molar-refractivity contribution is -0.143. The zero-order valence-corrected chi connectivity index (χ0v) is 18.4. The number of rotatable bonds is 8. The second-order valence-corrected chi connectivity index (χ2v) is 7.80. The van der Waals surface area contributed by atoms with Crippen molar-refractivity contribution in [2.24, 2.45) is 0 Å². The number of hydrogen-bond donors (Lipinski definition) is 1. The van der Waals surface area contributed by atoms with Gasteiger partial charge in [0.05, 0.1) is 24.4 Å². The summed E-state index contributed by atoms with van der Waals surface area (Å²) in [6, 6.07) is 19.5. The van der Waals surface area contributed by atoms with Crippen molar-refractivity contribution in [3.8, 4) is 0 Å². The smallest absolute Gasteiger partial charge is 0.331 e. The van der Waals surface area contributed by atoms with Crippen LogP contribution in [0.1, 0.15) is 16.8 Å². The van der Waals surface area contributed by atoms with Gasteiger partial charge < -0.3 is 14.8 Å². The molecule has 1 aliphatic heterocycles. The topological polar surface area (TPSA) is 80.8 Å². The van der Waals surface area contributed by atoms with Crippen LogP contribution in [0.5, 0.6) is 0 Å². The number of morpholine rings is 1. The van der Waals surface area contributed by atoms with Gasteiger partial charge in [-0.1, -0.05) is 48.5 Å². The lowest BCUT2D eigenvalue weighted by Gasteiger charge is -2.27. The first-order chi connectivity index (χ1) is 16.2. The standard InChI is InChI=1S/C26H27N3O4/c30-25(27-17-21-6-1-2-7-22(21)18-29-13-15-32-16-14-29)19-33-26(31)12-11-23-10-9-20-5-3-4-8-24(20)28-23/h1-12H,13-19H2,(H,27,30). The van der Waals surface area contributed by atoms with Crippen LogP contribution in [0.3, 0.4) is 0 Å². The molecule has 1 fully saturated rings. The number of fused-ring (bicyclic) bond motifs is 1. The van der Waals surface area contributed by atoms with Gasteiger partial charge in [0.25, 0.3) is 5.91 Å². The molecule has 1 amide bonds. The Morgan fingerprint density at radius 1 is 1.00 bits per heavy atom. The summed E-state index contributed by atoms with van der Waals surface area (Å²) in [5, 5.41) is 3.86. The first kappa shape index (κ1) is 22.6. The van der Waals surface area contributed by atoms with Gasteiger partial charge in [-0.15, -0.1) is 0 Å². The third-order valence-electron chi connectivity index (χ3n) is 5.45. The highest BCUT2D eigenvalue weighted by atomic mass is 16.5. The van der Waals surface area contributed by atoms with E-state index in [1.807, 2.05) is 54.6 Å². The van der Waals surface area contributed by atoms with E-state index in [1.165, 1.54) is 11.6 Å². The summed E-state index contributed by atoms with van der Waals surface area (Å²) in [5.41, 5.74) is 3.71. The number of esters is 1. The van der Waals surface area contributed by atoms with E-state index in [0.717, 1.165) is 49.3 Å². The summed E-state index contributed by atoms with van der Waals surface area (Å²) >= 11 is 0. The minimum absolute atomic E-state index is 0.333. The van der Waals surface area contributed by atoms with E-state index in [-0.39, 0.29) is 12.5 Å². The van der Waals surface area contributed by atoms with Gasteiger partial charge >= 0.3 is 5.97 Å². The third-order valence-corrected chi connectivity index (χ3v) is 5.45. The normalized spacial score (nSPS) is 14.4. The summed E-state index contributed by atoms with van der Waals surface area (Å²) in [5.74, 6) is -0.936. The summed E-state index contributed by atoms with van der Waals surface area (Å²) < 4.78 is 10.5. The summed E-state index contributed by atoms with van der Waals surface area (Å²) in [6.07, 6.45) is 2.86. The van der Waals surface area contributed by atoms with E-state index < -0.39 is 5.97 Å². The molecule has 170 valence electrons. The molecule has 0 bridgehead atoms. The molecule has 1 aliphatic rings. The maximum Gasteiger partial charge on any atom is 0.331 e. The van der Waals surface area contributed by atoms with Crippen LogP contribution in [0.4, 0.5) is 0 Å². The number of para-hydroxylation sites is 1. The van der Waals surface area contributed by atoms with E-state index in [9.17, 15) is 9.59 Å². The summed E-state index contributed by atoms with van der Waals surface area (Å²) in [7, 11) is 0. The van der Waals surface area contributed by atoms with Crippen LogP contribution in [-0.2, 0) is 32.2 Å². The third kappa shape index (κ3) is 6.71. The maximum atomic E-state index is 12.2. The number of hydrogen-bond acceptors (Lipinski definition) is 6. The maximum absolute atomic E-state index is 12.2. The van der Waals surface area contributed by atoms with Crippen molar-refractivity contribution in [2.75, 3.05) is 32.9 Å². The van der Waals surface area contributed by atoms with Crippen molar-refractivity contribution in [3.05, 3.63) is 83.6 Å². The number of aromatic nitrogens is 1. The molecule has 3 aromatic rings. The van der Waals surface area contributed by atoms with E-state index in [4.69, 9.17) is 9.47 Å². The minimum Gasteiger partial charge on any atom is -0.452 e.